The Bertz CT molecular complexity index is 1120. The van der Waals surface area contributed by atoms with Crippen LogP contribution in [0, 0.1) is 18.8 Å². The van der Waals surface area contributed by atoms with E-state index in [0.717, 1.165) is 47.9 Å². The summed E-state index contributed by atoms with van der Waals surface area (Å²) in [6, 6.07) is 8.36. The summed E-state index contributed by atoms with van der Waals surface area (Å²) in [5, 5.41) is 21.7. The van der Waals surface area contributed by atoms with Gasteiger partial charge in [-0.25, -0.2) is 0 Å². The summed E-state index contributed by atoms with van der Waals surface area (Å²) < 4.78 is 0. The van der Waals surface area contributed by atoms with E-state index in [2.05, 4.69) is 93.5 Å². The van der Waals surface area contributed by atoms with Crippen LogP contribution in [0.4, 0.5) is 0 Å². The molecule has 0 bridgehead atoms. The molecule has 42 heavy (non-hydrogen) atoms. The number of rotatable bonds is 11. The Balaban J connectivity index is 0. The van der Waals surface area contributed by atoms with Crippen molar-refractivity contribution in [2.24, 2.45) is 9.98 Å². The van der Waals surface area contributed by atoms with Gasteiger partial charge in [0, 0.05) is 43.0 Å². The molecule has 0 unspecified atom stereocenters. The molecule has 0 saturated heterocycles. The summed E-state index contributed by atoms with van der Waals surface area (Å²) in [6.45, 7) is 25.5. The van der Waals surface area contributed by atoms with E-state index in [4.69, 9.17) is 20.5 Å². The fraction of sp³-hybridized carbons (Fsp3) is 0.588. The first-order valence-electron chi connectivity index (χ1n) is 14.5. The van der Waals surface area contributed by atoms with E-state index in [1.807, 2.05) is 13.8 Å². The minimum absolute atomic E-state index is 0. The average Bonchev–Trinajstić information content (AvgIpc) is 2.94. The van der Waals surface area contributed by atoms with Crippen LogP contribution in [0.15, 0.2) is 34.3 Å². The fourth-order valence-electron chi connectivity index (χ4n) is 4.60. The molecule has 7 nitrogen and oxygen atoms in total. The number of benzene rings is 2. The summed E-state index contributed by atoms with van der Waals surface area (Å²) in [5.74, 6) is 0.549. The molecule has 1 radical (unpaired) electrons. The number of aromatic hydroxyl groups is 2. The molecule has 0 aliphatic rings. The van der Waals surface area contributed by atoms with Crippen molar-refractivity contribution in [3.63, 3.8) is 0 Å². The van der Waals surface area contributed by atoms with Gasteiger partial charge in [-0.2, -0.15) is 0 Å². The molecule has 2 aromatic carbocycles. The molecule has 237 valence electrons. The number of hydrogen-bond donors (Lipinski definition) is 2. The summed E-state index contributed by atoms with van der Waals surface area (Å²) in [7, 11) is 0. The molecule has 0 fully saturated rings. The topological polar surface area (TPSA) is 136 Å². The Morgan fingerprint density at radius 2 is 0.905 bits per heavy atom. The number of phenolic OH excluding ortho intramolecular Hbond substituents is 2. The first-order valence-corrected chi connectivity index (χ1v) is 14.5. The van der Waals surface area contributed by atoms with Gasteiger partial charge in [0.2, 0.25) is 0 Å². The maximum Gasteiger partial charge on any atom is 0.127 e. The zero-order valence-corrected chi connectivity index (χ0v) is 29.5. The molecular formula is C34H54N3O4Ru. The van der Waals surface area contributed by atoms with E-state index in [0.29, 0.717) is 0 Å². The fourth-order valence-corrected chi connectivity index (χ4v) is 4.60. The summed E-state index contributed by atoms with van der Waals surface area (Å²) in [4.78, 5) is 17.1. The van der Waals surface area contributed by atoms with Crippen molar-refractivity contribution < 1.29 is 35.2 Å². The van der Waals surface area contributed by atoms with E-state index in [-0.39, 0.29) is 47.3 Å². The summed E-state index contributed by atoms with van der Waals surface area (Å²) in [5.41, 5.74) is 10.4. The second kappa shape index (κ2) is 16.4. The molecular weight excluding hydrogens is 615 g/mol. The summed E-state index contributed by atoms with van der Waals surface area (Å²) >= 11 is 0. The number of hydrogen-bond acceptors (Lipinski definition) is 5. The SMILES string of the molecule is CCC(C)(CC)c1cc(C)c(O)c(C=NC(C)(C)C(C)(C)N=Cc2cc(C(C)(CC)CC)cc(C)c2O)c1.O.[N]=O.[Ru]. The Hall–Kier alpha value is -2.44. The van der Waals surface area contributed by atoms with Gasteiger partial charge in [0.1, 0.15) is 17.1 Å². The Morgan fingerprint density at radius 3 is 1.14 bits per heavy atom. The van der Waals surface area contributed by atoms with Crippen LogP contribution in [0.5, 0.6) is 11.5 Å². The van der Waals surface area contributed by atoms with E-state index in [1.165, 1.54) is 11.1 Å². The second-order valence-electron chi connectivity index (χ2n) is 12.6. The van der Waals surface area contributed by atoms with Crippen LogP contribution in [0.3, 0.4) is 0 Å². The molecule has 0 saturated carbocycles. The molecule has 0 atom stereocenters. The van der Waals surface area contributed by atoms with Crippen LogP contribution < -0.4 is 5.59 Å². The van der Waals surface area contributed by atoms with Gasteiger partial charge in [-0.15, -0.1) is 4.91 Å². The van der Waals surface area contributed by atoms with Crippen molar-refractivity contribution >= 4 is 12.4 Å². The number of aryl methyl sites for hydroxylation is 2. The van der Waals surface area contributed by atoms with E-state index >= 15 is 0 Å². The molecule has 4 N–H and O–H groups in total. The van der Waals surface area contributed by atoms with Gasteiger partial charge in [0.15, 0.2) is 0 Å². The van der Waals surface area contributed by atoms with Crippen molar-refractivity contribution in [3.05, 3.63) is 62.6 Å². The normalized spacial score (nSPS) is 12.5. The second-order valence-corrected chi connectivity index (χ2v) is 12.6. The molecule has 0 aromatic heterocycles. The van der Waals surface area contributed by atoms with Gasteiger partial charge in [0.25, 0.3) is 0 Å². The largest absolute Gasteiger partial charge is 0.507 e. The van der Waals surface area contributed by atoms with Crippen LogP contribution in [-0.4, -0.2) is 39.2 Å². The molecule has 0 amide bonds. The molecule has 2 rings (SSSR count). The van der Waals surface area contributed by atoms with Gasteiger partial charge in [0.05, 0.1) is 11.1 Å². The van der Waals surface area contributed by atoms with Gasteiger partial charge in [-0.05, 0) is 112 Å². The van der Waals surface area contributed by atoms with Crippen LogP contribution >= 0.6 is 0 Å². The third-order valence-electron chi connectivity index (χ3n) is 9.73. The molecule has 2 aromatic rings. The van der Waals surface area contributed by atoms with E-state index in [9.17, 15) is 10.2 Å². The maximum absolute atomic E-state index is 10.8. The Morgan fingerprint density at radius 1 is 0.643 bits per heavy atom. The van der Waals surface area contributed by atoms with Crippen LogP contribution in [0.25, 0.3) is 0 Å². The zero-order chi connectivity index (χ0) is 31.1. The van der Waals surface area contributed by atoms with Gasteiger partial charge < -0.3 is 15.7 Å². The predicted molar refractivity (Wildman–Crippen MR) is 174 cm³/mol. The van der Waals surface area contributed by atoms with Crippen molar-refractivity contribution in [2.75, 3.05) is 0 Å². The molecule has 0 aliphatic heterocycles. The first-order chi connectivity index (χ1) is 18.5. The van der Waals surface area contributed by atoms with Crippen LogP contribution in [0.2, 0.25) is 0 Å². The van der Waals surface area contributed by atoms with Crippen molar-refractivity contribution in [1.29, 1.82) is 0 Å². The quantitative estimate of drug-likeness (QED) is 0.188. The third kappa shape index (κ3) is 9.03. The molecule has 0 spiro atoms. The van der Waals surface area contributed by atoms with Gasteiger partial charge in [-0.1, -0.05) is 53.7 Å². The van der Waals surface area contributed by atoms with Crippen molar-refractivity contribution in [1.82, 2.24) is 5.59 Å². The van der Waals surface area contributed by atoms with Crippen molar-refractivity contribution in [3.8, 4) is 11.5 Å². The molecule has 0 aliphatic carbocycles. The van der Waals surface area contributed by atoms with Crippen LogP contribution in [0.1, 0.15) is 128 Å². The third-order valence-corrected chi connectivity index (χ3v) is 9.73. The number of nitrogens with zero attached hydrogens (tertiary/aromatic N) is 3. The molecule has 0 heterocycles. The summed E-state index contributed by atoms with van der Waals surface area (Å²) in [6.07, 6.45) is 7.71. The first kappa shape index (κ1) is 41.7. The predicted octanol–water partition coefficient (Wildman–Crippen LogP) is 7.69. The number of nitroso groups, excluding NO2 is 1. The van der Waals surface area contributed by atoms with Gasteiger partial charge >= 0.3 is 0 Å². The minimum atomic E-state index is -0.567. The van der Waals surface area contributed by atoms with E-state index in [1.54, 1.807) is 12.4 Å². The van der Waals surface area contributed by atoms with Crippen LogP contribution in [-0.2, 0) is 30.3 Å². The molecule has 8 heteroatoms. The monoisotopic (exact) mass is 670 g/mol. The van der Waals surface area contributed by atoms with Gasteiger partial charge in [-0.3, -0.25) is 9.98 Å². The van der Waals surface area contributed by atoms with E-state index < -0.39 is 11.1 Å². The average molecular weight is 670 g/mol. The zero-order valence-electron chi connectivity index (χ0n) is 27.8. The smallest absolute Gasteiger partial charge is 0.127 e. The standard InChI is InChI=1S/C34H52N2O2.NO.H2O.Ru/c1-13-33(11,14-2)27-17-23(5)29(37)25(19-27)21-35-31(7,8)32(9,10)36-22-26-20-28(18-24(6)30(26)38)34(12,15-3)16-4;1-2;;/h17-22,37-38H,13-16H2,1-12H3;;1H2;. The Kier molecular flexibility index (Phi) is 16.3. The number of aliphatic imine (C=N–C) groups is 2. The minimum Gasteiger partial charge on any atom is -0.507 e. The Labute approximate surface area is 267 Å². The number of phenols is 2. The van der Waals surface area contributed by atoms with Crippen molar-refractivity contribution in [2.45, 2.75) is 131 Å². The maximum atomic E-state index is 10.8.